The molecule has 0 fully saturated rings. The Morgan fingerprint density at radius 3 is 1.36 bits per heavy atom. The molecule has 25 heavy (non-hydrogen) atoms. The number of hydrogen-bond acceptors (Lipinski definition) is 3. The fraction of sp³-hybridized carbons (Fsp3) is 1.00. The minimum atomic E-state index is -3.89. The molecule has 1 unspecified atom stereocenters. The second-order valence-electron chi connectivity index (χ2n) is 7.39. The highest BCUT2D eigenvalue weighted by atomic mass is 32.2. The smallest absolute Gasteiger partial charge is 0.267 e. The highest BCUT2D eigenvalue weighted by Gasteiger charge is 2.21. The van der Waals surface area contributed by atoms with Gasteiger partial charge in [-0.3, -0.25) is 4.55 Å². The van der Waals surface area contributed by atoms with E-state index in [-0.39, 0.29) is 0 Å². The van der Waals surface area contributed by atoms with E-state index in [9.17, 15) is 13.0 Å². The highest BCUT2D eigenvalue weighted by molar-refractivity contribution is 7.86. The van der Waals surface area contributed by atoms with Gasteiger partial charge in [-0.05, 0) is 19.3 Å². The molecule has 0 aliphatic heterocycles. The number of rotatable bonds is 19. The Morgan fingerprint density at radius 1 is 0.640 bits per heavy atom. The van der Waals surface area contributed by atoms with Crippen LogP contribution in [0.5, 0.6) is 0 Å². The summed E-state index contributed by atoms with van der Waals surface area (Å²) in [6.45, 7) is 2.49. The van der Waals surface area contributed by atoms with Gasteiger partial charge in [0.05, 0.1) is 5.25 Å². The molecule has 0 aromatic rings. The monoisotopic (exact) mass is 378 g/mol. The highest BCUT2D eigenvalue weighted by Crippen LogP contribution is 2.19. The van der Waals surface area contributed by atoms with Crippen LogP contribution in [0, 0.1) is 0 Å². The zero-order valence-corrected chi connectivity index (χ0v) is 17.2. The molecule has 0 spiro atoms. The largest absolute Gasteiger partial charge is 0.396 e. The first-order valence-electron chi connectivity index (χ1n) is 10.6. The lowest BCUT2D eigenvalue weighted by molar-refractivity contribution is 0.282. The molecule has 0 aromatic heterocycles. The maximum Gasteiger partial charge on any atom is 0.267 e. The normalized spacial score (nSPS) is 13.2. The first kappa shape index (κ1) is 24.9. The van der Waals surface area contributed by atoms with E-state index in [1.807, 2.05) is 0 Å². The van der Waals surface area contributed by atoms with Crippen molar-refractivity contribution in [3.05, 3.63) is 0 Å². The lowest BCUT2D eigenvalue weighted by Crippen LogP contribution is -2.20. The molecule has 0 amide bonds. The molecule has 0 aliphatic rings. The van der Waals surface area contributed by atoms with Crippen LogP contribution in [0.3, 0.4) is 0 Å². The van der Waals surface area contributed by atoms with Crippen molar-refractivity contribution in [2.75, 3.05) is 6.61 Å². The van der Waals surface area contributed by atoms with Crippen molar-refractivity contribution in [1.82, 2.24) is 0 Å². The van der Waals surface area contributed by atoms with Gasteiger partial charge in [0.25, 0.3) is 10.1 Å². The van der Waals surface area contributed by atoms with Crippen LogP contribution in [0.4, 0.5) is 0 Å². The van der Waals surface area contributed by atoms with Gasteiger partial charge in [0, 0.05) is 6.61 Å². The summed E-state index contributed by atoms with van der Waals surface area (Å²) < 4.78 is 32.5. The molecule has 0 saturated heterocycles. The van der Waals surface area contributed by atoms with Gasteiger partial charge in [-0.1, -0.05) is 96.8 Å². The number of aliphatic hydroxyl groups is 1. The van der Waals surface area contributed by atoms with Crippen LogP contribution in [-0.4, -0.2) is 29.9 Å². The summed E-state index contributed by atoms with van der Waals surface area (Å²) in [7, 11) is -3.89. The zero-order valence-electron chi connectivity index (χ0n) is 16.4. The van der Waals surface area contributed by atoms with Gasteiger partial charge in [0.1, 0.15) is 0 Å². The molecule has 0 saturated carbocycles. The van der Waals surface area contributed by atoms with Gasteiger partial charge in [0.15, 0.2) is 0 Å². The summed E-state index contributed by atoms with van der Waals surface area (Å²) >= 11 is 0. The topological polar surface area (TPSA) is 74.6 Å². The second kappa shape index (κ2) is 17.3. The van der Waals surface area contributed by atoms with E-state index in [4.69, 9.17) is 5.11 Å². The zero-order chi connectivity index (χ0) is 18.8. The van der Waals surface area contributed by atoms with Crippen LogP contribution in [0.15, 0.2) is 0 Å². The van der Waals surface area contributed by atoms with Gasteiger partial charge in [-0.2, -0.15) is 8.42 Å². The Balaban J connectivity index is 3.66. The fourth-order valence-electron chi connectivity index (χ4n) is 3.32. The van der Waals surface area contributed by atoms with Crippen LogP contribution in [0.25, 0.3) is 0 Å². The maximum atomic E-state index is 11.5. The molecule has 2 N–H and O–H groups in total. The molecule has 0 aromatic carbocycles. The van der Waals surface area contributed by atoms with Crippen LogP contribution in [-0.2, 0) is 10.1 Å². The van der Waals surface area contributed by atoms with E-state index >= 15 is 0 Å². The third-order valence-electron chi connectivity index (χ3n) is 4.99. The minimum absolute atomic E-state index is 0.299. The number of unbranched alkanes of at least 4 members (excludes halogenated alkanes) is 13. The van der Waals surface area contributed by atoms with E-state index < -0.39 is 15.4 Å². The first-order chi connectivity index (χ1) is 12.0. The Hall–Kier alpha value is -0.130. The van der Waals surface area contributed by atoms with Crippen molar-refractivity contribution >= 4 is 10.1 Å². The number of aliphatic hydroxyl groups excluding tert-OH is 1. The second-order valence-corrected chi connectivity index (χ2v) is 9.08. The molecular weight excluding hydrogens is 336 g/mol. The van der Waals surface area contributed by atoms with E-state index in [1.54, 1.807) is 0 Å². The summed E-state index contributed by atoms with van der Waals surface area (Å²) in [6.07, 6.45) is 18.0. The van der Waals surface area contributed by atoms with Gasteiger partial charge in [0.2, 0.25) is 0 Å². The van der Waals surface area contributed by atoms with E-state index in [2.05, 4.69) is 6.92 Å². The molecule has 1 atom stereocenters. The Kier molecular flexibility index (Phi) is 17.2. The molecule has 4 nitrogen and oxygen atoms in total. The summed E-state index contributed by atoms with van der Waals surface area (Å²) in [5.41, 5.74) is 0. The third-order valence-corrected chi connectivity index (χ3v) is 6.30. The average molecular weight is 379 g/mol. The van der Waals surface area contributed by atoms with Gasteiger partial charge >= 0.3 is 0 Å². The minimum Gasteiger partial charge on any atom is -0.396 e. The molecule has 0 heterocycles. The summed E-state index contributed by atoms with van der Waals surface area (Å²) in [4.78, 5) is 0. The van der Waals surface area contributed by atoms with E-state index in [0.717, 1.165) is 44.9 Å². The number of hydrogen-bond donors (Lipinski definition) is 2. The van der Waals surface area contributed by atoms with Crippen LogP contribution in [0.2, 0.25) is 0 Å². The van der Waals surface area contributed by atoms with Crippen molar-refractivity contribution < 1.29 is 18.1 Å². The lowest BCUT2D eigenvalue weighted by Gasteiger charge is -2.13. The predicted molar refractivity (Wildman–Crippen MR) is 107 cm³/mol. The Morgan fingerprint density at radius 2 is 1.00 bits per heavy atom. The lowest BCUT2D eigenvalue weighted by atomic mass is 10.0. The Labute approximate surface area is 156 Å². The quantitative estimate of drug-likeness (QED) is 0.217. The van der Waals surface area contributed by atoms with Crippen molar-refractivity contribution in [2.45, 2.75) is 121 Å². The van der Waals surface area contributed by atoms with Crippen molar-refractivity contribution in [2.24, 2.45) is 0 Å². The van der Waals surface area contributed by atoms with Crippen molar-refractivity contribution in [3.8, 4) is 0 Å². The summed E-state index contributed by atoms with van der Waals surface area (Å²) in [5.74, 6) is 0. The fourth-order valence-corrected chi connectivity index (χ4v) is 4.24. The van der Waals surface area contributed by atoms with Gasteiger partial charge in [-0.25, -0.2) is 0 Å². The van der Waals surface area contributed by atoms with Crippen molar-refractivity contribution in [1.29, 1.82) is 0 Å². The SMILES string of the molecule is CCCCCCCCC(CCCCCCCCCCCO)S(=O)(=O)O. The molecule has 0 rings (SSSR count). The maximum absolute atomic E-state index is 11.5. The molecule has 0 bridgehead atoms. The van der Waals surface area contributed by atoms with Gasteiger partial charge in [-0.15, -0.1) is 0 Å². The average Bonchev–Trinajstić information content (AvgIpc) is 2.56. The molecule has 0 aliphatic carbocycles. The van der Waals surface area contributed by atoms with Crippen LogP contribution < -0.4 is 0 Å². The summed E-state index contributed by atoms with van der Waals surface area (Å²) in [6, 6.07) is 0. The standard InChI is InChI=1S/C20H42O4S/c1-2-3-4-5-11-14-17-20(25(22,23)24)18-15-12-9-7-6-8-10-13-16-19-21/h20-21H,2-19H2,1H3,(H,22,23,24). The third kappa shape index (κ3) is 17.1. The van der Waals surface area contributed by atoms with Gasteiger partial charge < -0.3 is 5.11 Å². The van der Waals surface area contributed by atoms with Crippen LogP contribution in [0.1, 0.15) is 116 Å². The molecule has 5 heteroatoms. The summed E-state index contributed by atoms with van der Waals surface area (Å²) in [5, 5.41) is 8.15. The molecular formula is C20H42O4S. The van der Waals surface area contributed by atoms with Crippen LogP contribution >= 0.6 is 0 Å². The first-order valence-corrected chi connectivity index (χ1v) is 12.1. The van der Waals surface area contributed by atoms with E-state index in [0.29, 0.717) is 19.4 Å². The molecule has 152 valence electrons. The van der Waals surface area contributed by atoms with E-state index in [1.165, 1.54) is 51.4 Å². The van der Waals surface area contributed by atoms with Crippen molar-refractivity contribution in [3.63, 3.8) is 0 Å². The molecule has 0 radical (unpaired) electrons. The Bertz CT molecular complexity index is 368. The predicted octanol–water partition coefficient (Wildman–Crippen LogP) is 5.89.